The van der Waals surface area contributed by atoms with Crippen molar-refractivity contribution >= 4 is 27.3 Å². The molecule has 1 heterocycles. The van der Waals surface area contributed by atoms with E-state index < -0.39 is 0 Å². The Balaban J connectivity index is 2.30. The predicted octanol–water partition coefficient (Wildman–Crippen LogP) is 6.19. The number of halogens is 1. The van der Waals surface area contributed by atoms with Crippen LogP contribution < -0.4 is 5.32 Å². The fraction of sp³-hybridized carbons (Fsp3) is 0.444. The third-order valence-corrected chi connectivity index (χ3v) is 5.44. The first kappa shape index (κ1) is 16.7. The summed E-state index contributed by atoms with van der Waals surface area (Å²) in [6.07, 6.45) is 3.48. The van der Waals surface area contributed by atoms with E-state index in [1.54, 1.807) is 0 Å². The van der Waals surface area contributed by atoms with Crippen molar-refractivity contribution in [3.63, 3.8) is 0 Å². The number of aryl methyl sites for hydroxylation is 1. The zero-order chi connectivity index (χ0) is 15.2. The van der Waals surface area contributed by atoms with Crippen LogP contribution in [0.3, 0.4) is 0 Å². The van der Waals surface area contributed by atoms with Crippen LogP contribution >= 0.6 is 27.3 Å². The summed E-state index contributed by atoms with van der Waals surface area (Å²) in [6.45, 7) is 7.68. The van der Waals surface area contributed by atoms with Gasteiger partial charge in [-0.15, -0.1) is 11.3 Å². The van der Waals surface area contributed by atoms with Crippen LogP contribution in [0, 0.1) is 0 Å². The minimum absolute atomic E-state index is 0.499. The van der Waals surface area contributed by atoms with Crippen LogP contribution in [0.25, 0.3) is 10.4 Å². The summed E-state index contributed by atoms with van der Waals surface area (Å²) in [4.78, 5) is 2.84. The second-order valence-corrected chi connectivity index (χ2v) is 7.29. The molecule has 114 valence electrons. The van der Waals surface area contributed by atoms with Gasteiger partial charge >= 0.3 is 0 Å². The summed E-state index contributed by atoms with van der Waals surface area (Å²) in [6, 6.07) is 11.7. The minimum Gasteiger partial charge on any atom is -0.310 e. The number of nitrogens with one attached hydrogen (secondary N) is 1. The maximum absolute atomic E-state index is 3.61. The van der Waals surface area contributed by atoms with E-state index in [4.69, 9.17) is 0 Å². The molecule has 0 radical (unpaired) electrons. The summed E-state index contributed by atoms with van der Waals surface area (Å²) < 4.78 is 1.16. The van der Waals surface area contributed by atoms with E-state index in [2.05, 4.69) is 72.3 Å². The zero-order valence-electron chi connectivity index (χ0n) is 13.1. The minimum atomic E-state index is 0.499. The zero-order valence-corrected chi connectivity index (χ0v) is 15.5. The van der Waals surface area contributed by atoms with Crippen LogP contribution in [0.4, 0.5) is 0 Å². The van der Waals surface area contributed by atoms with Crippen LogP contribution in [0.15, 0.2) is 34.8 Å². The van der Waals surface area contributed by atoms with Gasteiger partial charge in [0.1, 0.15) is 0 Å². The maximum Gasteiger partial charge on any atom is 0.0414 e. The Hall–Kier alpha value is -0.640. The van der Waals surface area contributed by atoms with E-state index in [1.807, 2.05) is 11.3 Å². The second kappa shape index (κ2) is 8.11. The lowest BCUT2D eigenvalue weighted by Gasteiger charge is -2.15. The molecule has 3 heteroatoms. The fourth-order valence-corrected chi connectivity index (χ4v) is 4.25. The molecule has 1 aromatic carbocycles. The second-order valence-electron chi connectivity index (χ2n) is 5.26. The topological polar surface area (TPSA) is 12.0 Å². The molecule has 0 amide bonds. The van der Waals surface area contributed by atoms with Crippen molar-refractivity contribution in [2.75, 3.05) is 6.54 Å². The highest BCUT2D eigenvalue weighted by molar-refractivity contribution is 9.10. The molecule has 1 aromatic heterocycles. The Bertz CT molecular complexity index is 570. The highest BCUT2D eigenvalue weighted by Gasteiger charge is 2.14. The molecule has 1 unspecified atom stereocenters. The van der Waals surface area contributed by atoms with Crippen LogP contribution in [-0.2, 0) is 6.42 Å². The third kappa shape index (κ3) is 4.18. The van der Waals surface area contributed by atoms with E-state index in [1.165, 1.54) is 33.7 Å². The largest absolute Gasteiger partial charge is 0.310 e. The number of rotatable bonds is 7. The quantitative estimate of drug-likeness (QED) is 0.616. The van der Waals surface area contributed by atoms with Gasteiger partial charge < -0.3 is 5.32 Å². The third-order valence-electron chi connectivity index (χ3n) is 3.71. The van der Waals surface area contributed by atoms with Gasteiger partial charge in [-0.2, -0.15) is 0 Å². The van der Waals surface area contributed by atoms with E-state index in [9.17, 15) is 0 Å². The van der Waals surface area contributed by atoms with Crippen molar-refractivity contribution < 1.29 is 0 Å². The molecule has 0 saturated heterocycles. The Morgan fingerprint density at radius 2 is 1.95 bits per heavy atom. The molecule has 0 aliphatic carbocycles. The molecule has 0 aliphatic rings. The molecule has 21 heavy (non-hydrogen) atoms. The molecule has 2 aromatic rings. The molecular weight excluding hydrogens is 342 g/mol. The van der Waals surface area contributed by atoms with Crippen molar-refractivity contribution in [1.82, 2.24) is 5.32 Å². The number of benzene rings is 1. The molecule has 0 spiro atoms. The summed E-state index contributed by atoms with van der Waals surface area (Å²) in [5.74, 6) is 0. The fourth-order valence-electron chi connectivity index (χ4n) is 2.66. The molecule has 0 fully saturated rings. The van der Waals surface area contributed by atoms with Crippen molar-refractivity contribution in [2.24, 2.45) is 0 Å². The summed E-state index contributed by atoms with van der Waals surface area (Å²) in [5, 5.41) is 3.61. The van der Waals surface area contributed by atoms with Gasteiger partial charge in [-0.05, 0) is 54.8 Å². The average Bonchev–Trinajstić information content (AvgIpc) is 2.96. The Morgan fingerprint density at radius 1 is 1.14 bits per heavy atom. The molecule has 0 saturated carbocycles. The van der Waals surface area contributed by atoms with E-state index in [0.29, 0.717) is 6.04 Å². The first-order chi connectivity index (χ1) is 10.2. The van der Waals surface area contributed by atoms with Crippen LogP contribution in [0.2, 0.25) is 0 Å². The molecule has 1 atom stereocenters. The highest BCUT2D eigenvalue weighted by atomic mass is 79.9. The molecular formula is C18H24BrNS. The van der Waals surface area contributed by atoms with Gasteiger partial charge in [-0.25, -0.2) is 0 Å². The molecule has 1 N–H and O–H groups in total. The van der Waals surface area contributed by atoms with Crippen LogP contribution in [0.1, 0.15) is 50.1 Å². The lowest BCUT2D eigenvalue weighted by Crippen LogP contribution is -2.19. The summed E-state index contributed by atoms with van der Waals surface area (Å²) >= 11 is 5.50. The van der Waals surface area contributed by atoms with Gasteiger partial charge in [-0.1, -0.05) is 49.2 Å². The Kier molecular flexibility index (Phi) is 6.46. The lowest BCUT2D eigenvalue weighted by molar-refractivity contribution is 0.516. The van der Waals surface area contributed by atoms with Crippen molar-refractivity contribution in [3.05, 3.63) is 45.2 Å². The van der Waals surface area contributed by atoms with E-state index in [-0.39, 0.29) is 0 Å². The van der Waals surface area contributed by atoms with E-state index >= 15 is 0 Å². The van der Waals surface area contributed by atoms with Crippen molar-refractivity contribution in [3.8, 4) is 10.4 Å². The van der Waals surface area contributed by atoms with Gasteiger partial charge in [0.05, 0.1) is 0 Å². The Morgan fingerprint density at radius 3 is 2.62 bits per heavy atom. The van der Waals surface area contributed by atoms with Crippen LogP contribution in [-0.4, -0.2) is 6.54 Å². The van der Waals surface area contributed by atoms with Gasteiger partial charge in [0.25, 0.3) is 0 Å². The normalized spacial score (nSPS) is 12.6. The standard InChI is InChI=1S/C18H24BrNS/c1-4-7-16(20-6-3)18-11-10-17(21-18)15-9-8-14(19)12-13(15)5-2/h8-12,16,20H,4-7H2,1-3H3. The average molecular weight is 366 g/mol. The van der Waals surface area contributed by atoms with Gasteiger partial charge in [0, 0.05) is 20.3 Å². The molecule has 0 aliphatic heterocycles. The number of thiophene rings is 1. The molecule has 1 nitrogen and oxygen atoms in total. The van der Waals surface area contributed by atoms with Crippen LogP contribution in [0.5, 0.6) is 0 Å². The maximum atomic E-state index is 3.61. The van der Waals surface area contributed by atoms with Crippen molar-refractivity contribution in [1.29, 1.82) is 0 Å². The van der Waals surface area contributed by atoms with Crippen molar-refractivity contribution in [2.45, 2.75) is 46.1 Å². The number of hydrogen-bond acceptors (Lipinski definition) is 2. The molecule has 2 rings (SSSR count). The first-order valence-electron chi connectivity index (χ1n) is 7.81. The van der Waals surface area contributed by atoms with Gasteiger partial charge in [-0.3, -0.25) is 0 Å². The van der Waals surface area contributed by atoms with Gasteiger partial charge in [0.2, 0.25) is 0 Å². The monoisotopic (exact) mass is 365 g/mol. The predicted molar refractivity (Wildman–Crippen MR) is 98.2 cm³/mol. The highest BCUT2D eigenvalue weighted by Crippen LogP contribution is 2.35. The number of hydrogen-bond donors (Lipinski definition) is 1. The van der Waals surface area contributed by atoms with E-state index in [0.717, 1.165) is 17.4 Å². The Labute approximate surface area is 140 Å². The lowest BCUT2D eigenvalue weighted by atomic mass is 10.0. The first-order valence-corrected chi connectivity index (χ1v) is 9.42. The summed E-state index contributed by atoms with van der Waals surface area (Å²) in [7, 11) is 0. The smallest absolute Gasteiger partial charge is 0.0414 e. The van der Waals surface area contributed by atoms with Gasteiger partial charge in [0.15, 0.2) is 0 Å². The molecule has 0 bridgehead atoms. The SMILES string of the molecule is CCCC(NCC)c1ccc(-c2ccc(Br)cc2CC)s1. The summed E-state index contributed by atoms with van der Waals surface area (Å²) in [5.41, 5.74) is 2.79.